The van der Waals surface area contributed by atoms with Crippen LogP contribution in [0.1, 0.15) is 45.4 Å². The number of hydrogen-bond donors (Lipinski definition) is 2. The summed E-state index contributed by atoms with van der Waals surface area (Å²) in [5, 5.41) is 2.78. The minimum absolute atomic E-state index is 0.0149. The average Bonchev–Trinajstić information content (AvgIpc) is 2.60. The van der Waals surface area contributed by atoms with Gasteiger partial charge >= 0.3 is 0 Å². The smallest absolute Gasteiger partial charge is 0.239 e. The molecule has 0 saturated heterocycles. The van der Waals surface area contributed by atoms with Crippen molar-refractivity contribution in [3.63, 3.8) is 0 Å². The number of hydrogen-bond acceptors (Lipinski definition) is 3. The van der Waals surface area contributed by atoms with Gasteiger partial charge in [0.2, 0.25) is 11.8 Å². The molecule has 0 spiro atoms. The first-order valence-electron chi connectivity index (χ1n) is 7.33. The summed E-state index contributed by atoms with van der Waals surface area (Å²) in [5.74, 6) is -0.201. The Balaban J connectivity index is 2.48. The topological polar surface area (TPSA) is 75.4 Å². The van der Waals surface area contributed by atoms with Crippen molar-refractivity contribution in [1.29, 1.82) is 0 Å². The van der Waals surface area contributed by atoms with E-state index in [4.69, 9.17) is 5.73 Å². The van der Waals surface area contributed by atoms with Crippen LogP contribution >= 0.6 is 0 Å². The lowest BCUT2D eigenvalue weighted by Gasteiger charge is -2.26. The molecule has 1 aliphatic rings. The Labute approximate surface area is 115 Å². The molecule has 2 amide bonds. The minimum atomic E-state index is -0.119. The predicted molar refractivity (Wildman–Crippen MR) is 75.5 cm³/mol. The Kier molecular flexibility index (Phi) is 6.84. The lowest BCUT2D eigenvalue weighted by Crippen LogP contribution is -2.45. The molecule has 0 aliphatic heterocycles. The van der Waals surface area contributed by atoms with Crippen LogP contribution in [0.25, 0.3) is 0 Å². The van der Waals surface area contributed by atoms with Gasteiger partial charge in [-0.15, -0.1) is 0 Å². The van der Waals surface area contributed by atoms with Crippen molar-refractivity contribution in [2.45, 2.75) is 51.5 Å². The van der Waals surface area contributed by atoms with Gasteiger partial charge in [0.05, 0.1) is 12.5 Å². The number of amides is 2. The lowest BCUT2D eigenvalue weighted by atomic mass is 9.94. The van der Waals surface area contributed by atoms with Crippen LogP contribution in [-0.4, -0.2) is 42.9 Å². The number of carbonyl (C=O) groups is 2. The fraction of sp³-hybridized carbons (Fsp3) is 0.857. The molecule has 0 aromatic heterocycles. The predicted octanol–water partition coefficient (Wildman–Crippen LogP) is 0.879. The molecule has 1 aliphatic carbocycles. The highest BCUT2D eigenvalue weighted by Gasteiger charge is 2.29. The van der Waals surface area contributed by atoms with E-state index in [-0.39, 0.29) is 30.3 Å². The van der Waals surface area contributed by atoms with Crippen LogP contribution in [0.3, 0.4) is 0 Å². The second kappa shape index (κ2) is 8.15. The van der Waals surface area contributed by atoms with Gasteiger partial charge in [0.15, 0.2) is 0 Å². The second-order valence-corrected chi connectivity index (χ2v) is 5.45. The molecule has 5 heteroatoms. The molecule has 2 atom stereocenters. The molecule has 110 valence electrons. The molecule has 0 bridgehead atoms. The van der Waals surface area contributed by atoms with Gasteiger partial charge in [-0.25, -0.2) is 0 Å². The number of nitrogens with two attached hydrogens (primary N) is 1. The molecule has 2 unspecified atom stereocenters. The maximum Gasteiger partial charge on any atom is 0.239 e. The second-order valence-electron chi connectivity index (χ2n) is 5.45. The minimum Gasteiger partial charge on any atom is -0.355 e. The summed E-state index contributed by atoms with van der Waals surface area (Å²) in [6.45, 7) is 2.78. The molecule has 3 N–H and O–H groups in total. The van der Waals surface area contributed by atoms with E-state index in [0.717, 1.165) is 38.5 Å². The van der Waals surface area contributed by atoms with Crippen molar-refractivity contribution in [3.8, 4) is 0 Å². The fourth-order valence-electron chi connectivity index (χ4n) is 2.54. The number of rotatable bonds is 5. The van der Waals surface area contributed by atoms with E-state index < -0.39 is 0 Å². The number of nitrogens with zero attached hydrogens (tertiary/aromatic N) is 1. The Morgan fingerprint density at radius 3 is 2.63 bits per heavy atom. The van der Waals surface area contributed by atoms with Crippen molar-refractivity contribution < 1.29 is 9.59 Å². The van der Waals surface area contributed by atoms with Gasteiger partial charge in [-0.3, -0.25) is 9.59 Å². The van der Waals surface area contributed by atoms with E-state index in [1.165, 1.54) is 4.90 Å². The Morgan fingerprint density at radius 1 is 1.26 bits per heavy atom. The largest absolute Gasteiger partial charge is 0.355 e. The van der Waals surface area contributed by atoms with E-state index in [0.29, 0.717) is 6.54 Å². The maximum atomic E-state index is 12.3. The van der Waals surface area contributed by atoms with Crippen molar-refractivity contribution in [1.82, 2.24) is 10.2 Å². The maximum absolute atomic E-state index is 12.3. The van der Waals surface area contributed by atoms with Crippen LogP contribution in [0.5, 0.6) is 0 Å². The summed E-state index contributed by atoms with van der Waals surface area (Å²) in [7, 11) is 1.69. The van der Waals surface area contributed by atoms with Crippen LogP contribution < -0.4 is 11.1 Å². The molecular weight excluding hydrogens is 242 g/mol. The molecule has 0 radical (unpaired) electrons. The third-order valence-corrected chi connectivity index (χ3v) is 3.72. The molecule has 0 aromatic rings. The molecule has 1 rings (SSSR count). The van der Waals surface area contributed by atoms with Gasteiger partial charge in [-0.1, -0.05) is 26.2 Å². The first-order valence-corrected chi connectivity index (χ1v) is 7.33. The van der Waals surface area contributed by atoms with E-state index in [1.807, 2.05) is 6.92 Å². The Bertz CT molecular complexity index is 307. The van der Waals surface area contributed by atoms with Crippen molar-refractivity contribution in [2.75, 3.05) is 20.1 Å². The van der Waals surface area contributed by atoms with Gasteiger partial charge in [0.25, 0.3) is 0 Å². The molecule has 19 heavy (non-hydrogen) atoms. The zero-order valence-corrected chi connectivity index (χ0v) is 12.2. The Morgan fingerprint density at radius 2 is 1.95 bits per heavy atom. The average molecular weight is 269 g/mol. The monoisotopic (exact) mass is 269 g/mol. The van der Waals surface area contributed by atoms with Crippen LogP contribution in [0, 0.1) is 5.92 Å². The molecule has 1 saturated carbocycles. The summed E-state index contributed by atoms with van der Waals surface area (Å²) in [6.07, 6.45) is 5.97. The molecular formula is C14H27N3O2. The zero-order valence-electron chi connectivity index (χ0n) is 12.2. The SMILES string of the molecule is CCCNC(=O)CN(C)C(=O)C1CCCCCC1N. The molecule has 0 heterocycles. The normalized spacial score (nSPS) is 23.5. The van der Waals surface area contributed by atoms with E-state index in [2.05, 4.69) is 5.32 Å². The van der Waals surface area contributed by atoms with Crippen LogP contribution in [-0.2, 0) is 9.59 Å². The number of carbonyl (C=O) groups excluding carboxylic acids is 2. The third-order valence-electron chi connectivity index (χ3n) is 3.72. The molecule has 0 aromatic carbocycles. The quantitative estimate of drug-likeness (QED) is 0.727. The summed E-state index contributed by atoms with van der Waals surface area (Å²) in [5.41, 5.74) is 6.08. The summed E-state index contributed by atoms with van der Waals surface area (Å²) >= 11 is 0. The summed E-state index contributed by atoms with van der Waals surface area (Å²) in [6, 6.07) is -0.0591. The molecule has 5 nitrogen and oxygen atoms in total. The first kappa shape index (κ1) is 16.0. The summed E-state index contributed by atoms with van der Waals surface area (Å²) < 4.78 is 0. The summed E-state index contributed by atoms with van der Waals surface area (Å²) in [4.78, 5) is 25.5. The third kappa shape index (κ3) is 5.19. The van der Waals surface area contributed by atoms with Crippen LogP contribution in [0.2, 0.25) is 0 Å². The van der Waals surface area contributed by atoms with Gasteiger partial charge in [-0.2, -0.15) is 0 Å². The number of nitrogens with one attached hydrogen (secondary N) is 1. The van der Waals surface area contributed by atoms with Crippen molar-refractivity contribution in [3.05, 3.63) is 0 Å². The molecule has 1 fully saturated rings. The van der Waals surface area contributed by atoms with Crippen LogP contribution in [0.4, 0.5) is 0 Å². The van der Waals surface area contributed by atoms with Gasteiger partial charge in [0, 0.05) is 19.6 Å². The van der Waals surface area contributed by atoms with E-state index in [9.17, 15) is 9.59 Å². The van der Waals surface area contributed by atoms with Gasteiger partial charge in [0.1, 0.15) is 0 Å². The van der Waals surface area contributed by atoms with Crippen molar-refractivity contribution in [2.24, 2.45) is 11.7 Å². The standard InChI is InChI=1S/C14H27N3O2/c1-3-9-16-13(18)10-17(2)14(19)11-7-5-4-6-8-12(11)15/h11-12H,3-10,15H2,1-2H3,(H,16,18). The van der Waals surface area contributed by atoms with Gasteiger partial charge < -0.3 is 16.0 Å². The fourth-order valence-corrected chi connectivity index (χ4v) is 2.54. The highest BCUT2D eigenvalue weighted by molar-refractivity contribution is 5.86. The highest BCUT2D eigenvalue weighted by atomic mass is 16.2. The zero-order chi connectivity index (χ0) is 14.3. The van der Waals surface area contributed by atoms with Crippen LogP contribution in [0.15, 0.2) is 0 Å². The van der Waals surface area contributed by atoms with Gasteiger partial charge in [-0.05, 0) is 19.3 Å². The van der Waals surface area contributed by atoms with Crippen molar-refractivity contribution >= 4 is 11.8 Å². The lowest BCUT2D eigenvalue weighted by molar-refractivity contribution is -0.138. The highest BCUT2D eigenvalue weighted by Crippen LogP contribution is 2.23. The van der Waals surface area contributed by atoms with E-state index >= 15 is 0 Å². The van der Waals surface area contributed by atoms with E-state index in [1.54, 1.807) is 7.05 Å². The number of likely N-dealkylation sites (N-methyl/N-ethyl adjacent to an activating group) is 1. The first-order chi connectivity index (χ1) is 9.06. The Hall–Kier alpha value is -1.10.